The average molecular weight is 435 g/mol. The third kappa shape index (κ3) is 3.07. The molecule has 0 N–H and O–H groups in total. The van der Waals surface area contributed by atoms with E-state index < -0.39 is 11.4 Å². The molecule has 0 radical (unpaired) electrons. The number of amides is 1. The van der Waals surface area contributed by atoms with Crippen molar-refractivity contribution in [3.8, 4) is 0 Å². The van der Waals surface area contributed by atoms with Crippen LogP contribution in [0.15, 0.2) is 0 Å². The lowest BCUT2D eigenvalue weighted by Crippen LogP contribution is -2.36. The van der Waals surface area contributed by atoms with Crippen LogP contribution in [0.1, 0.15) is 68.7 Å². The molecule has 1 unspecified atom stereocenters. The smallest absolute Gasteiger partial charge is 0.410 e. The molecule has 2 saturated carbocycles. The van der Waals surface area contributed by atoms with E-state index in [1.165, 1.54) is 6.92 Å². The number of Topliss-reactive ketones (excluding diaryl/α,β-unsaturated/α-hetero) is 1. The summed E-state index contributed by atoms with van der Waals surface area (Å²) in [6.07, 6.45) is 1.54. The molecule has 0 spiro atoms. The number of ketones is 1. The molecule has 5 rings (SSSR count). The van der Waals surface area contributed by atoms with Gasteiger partial charge in [0.15, 0.2) is 16.8 Å². The highest BCUT2D eigenvalue weighted by Gasteiger charge is 2.59. The molecule has 1 amide bonds. The van der Waals surface area contributed by atoms with E-state index in [9.17, 15) is 14.0 Å². The van der Waals surface area contributed by atoms with Gasteiger partial charge >= 0.3 is 6.09 Å². The van der Waals surface area contributed by atoms with Crippen LogP contribution in [0.4, 0.5) is 9.18 Å². The Labute approximate surface area is 178 Å². The fourth-order valence-electron chi connectivity index (χ4n) is 4.68. The lowest BCUT2D eigenvalue weighted by Gasteiger charge is -2.25. The molecular weight excluding hydrogens is 411 g/mol. The van der Waals surface area contributed by atoms with E-state index in [1.54, 1.807) is 9.58 Å². The van der Waals surface area contributed by atoms with E-state index in [4.69, 9.17) is 21.4 Å². The summed E-state index contributed by atoms with van der Waals surface area (Å²) in [4.78, 5) is 30.4. The van der Waals surface area contributed by atoms with Gasteiger partial charge in [0.05, 0.1) is 17.1 Å². The van der Waals surface area contributed by atoms with E-state index in [1.807, 2.05) is 20.8 Å². The van der Waals surface area contributed by atoms with Crippen LogP contribution in [0.25, 0.3) is 10.9 Å². The number of rotatable bonds is 3. The maximum atomic E-state index is 15.0. The summed E-state index contributed by atoms with van der Waals surface area (Å²) in [5, 5.41) is 4.95. The predicted octanol–water partition coefficient (Wildman–Crippen LogP) is 4.34. The van der Waals surface area contributed by atoms with Gasteiger partial charge in [0.2, 0.25) is 0 Å². The fraction of sp³-hybridized carbons (Fsp3) is 0.619. The zero-order valence-corrected chi connectivity index (χ0v) is 18.2. The van der Waals surface area contributed by atoms with Gasteiger partial charge < -0.3 is 9.64 Å². The zero-order chi connectivity index (χ0) is 21.5. The number of carbonyl (C=O) groups is 2. The van der Waals surface area contributed by atoms with Crippen molar-refractivity contribution in [3.63, 3.8) is 0 Å². The number of piperidine rings is 1. The second kappa shape index (κ2) is 6.39. The molecule has 0 bridgehead atoms. The predicted molar refractivity (Wildman–Crippen MR) is 108 cm³/mol. The summed E-state index contributed by atoms with van der Waals surface area (Å²) in [5.74, 6) is -0.363. The van der Waals surface area contributed by atoms with Crippen LogP contribution >= 0.6 is 11.6 Å². The molecule has 3 fully saturated rings. The highest BCUT2D eigenvalue weighted by molar-refractivity contribution is 6.30. The number of ether oxygens (including phenoxy) is 1. The molecule has 2 aliphatic carbocycles. The Balaban J connectivity index is 1.49. The molecule has 1 saturated heterocycles. The summed E-state index contributed by atoms with van der Waals surface area (Å²) in [5.41, 5.74) is 0.629. The van der Waals surface area contributed by atoms with E-state index in [2.05, 4.69) is 4.98 Å². The molecule has 3 atom stereocenters. The van der Waals surface area contributed by atoms with Crippen molar-refractivity contribution in [2.75, 3.05) is 13.1 Å². The standard InChI is InChI=1S/C21H24ClFN4O3/c1-9(28)16-14-17(25-27(10-5-6-10)18(14)15(23)19(22)24-16)13-11-7-26(8-12(11)13)20(29)30-21(2,3)4/h10-13H,5-8H2,1-4H3/t11-,12+,13?. The Bertz CT molecular complexity index is 1080. The van der Waals surface area contributed by atoms with Crippen LogP contribution in [-0.2, 0) is 4.74 Å². The number of nitrogens with zero attached hydrogens (tertiary/aromatic N) is 4. The number of halogens is 2. The fourth-order valence-corrected chi connectivity index (χ4v) is 4.85. The number of fused-ring (bicyclic) bond motifs is 2. The van der Waals surface area contributed by atoms with E-state index in [0.717, 1.165) is 12.8 Å². The van der Waals surface area contributed by atoms with Crippen LogP contribution in [0, 0.1) is 17.7 Å². The zero-order valence-electron chi connectivity index (χ0n) is 17.4. The maximum Gasteiger partial charge on any atom is 0.410 e. The minimum absolute atomic E-state index is 0.0756. The van der Waals surface area contributed by atoms with Gasteiger partial charge in [0, 0.05) is 25.9 Å². The molecule has 1 aliphatic heterocycles. The highest BCUT2D eigenvalue weighted by Crippen LogP contribution is 2.59. The minimum Gasteiger partial charge on any atom is -0.444 e. The summed E-state index contributed by atoms with van der Waals surface area (Å²) >= 11 is 6.00. The van der Waals surface area contributed by atoms with Crippen molar-refractivity contribution in [1.82, 2.24) is 19.7 Å². The molecule has 3 aliphatic rings. The lowest BCUT2D eigenvalue weighted by molar-refractivity contribution is 0.0270. The normalized spacial score (nSPS) is 25.5. The number of likely N-dealkylation sites (tertiary alicyclic amines) is 1. The Morgan fingerprint density at radius 1 is 1.20 bits per heavy atom. The van der Waals surface area contributed by atoms with Crippen LogP contribution < -0.4 is 0 Å². The number of carbonyl (C=O) groups excluding carboxylic acids is 2. The van der Waals surface area contributed by atoms with Crippen molar-refractivity contribution in [1.29, 1.82) is 0 Å². The van der Waals surface area contributed by atoms with Gasteiger partial charge in [0.1, 0.15) is 16.8 Å². The first kappa shape index (κ1) is 19.7. The maximum absolute atomic E-state index is 15.0. The number of hydrogen-bond acceptors (Lipinski definition) is 5. The quantitative estimate of drug-likeness (QED) is 0.530. The molecule has 2 aromatic heterocycles. The van der Waals surface area contributed by atoms with Crippen LogP contribution in [0.5, 0.6) is 0 Å². The monoisotopic (exact) mass is 434 g/mol. The van der Waals surface area contributed by atoms with Gasteiger partial charge in [-0.15, -0.1) is 0 Å². The van der Waals surface area contributed by atoms with Gasteiger partial charge in [-0.1, -0.05) is 11.6 Å². The molecule has 7 nitrogen and oxygen atoms in total. The minimum atomic E-state index is -0.622. The summed E-state index contributed by atoms with van der Waals surface area (Å²) in [6, 6.07) is 0.130. The van der Waals surface area contributed by atoms with Gasteiger partial charge in [-0.2, -0.15) is 5.10 Å². The Hall–Kier alpha value is -2.22. The van der Waals surface area contributed by atoms with Gasteiger partial charge in [-0.05, 0) is 45.4 Å². The summed E-state index contributed by atoms with van der Waals surface area (Å²) in [6.45, 7) is 8.08. The van der Waals surface area contributed by atoms with Crippen molar-refractivity contribution < 1.29 is 18.7 Å². The van der Waals surface area contributed by atoms with E-state index >= 15 is 0 Å². The summed E-state index contributed by atoms with van der Waals surface area (Å²) < 4.78 is 22.1. The van der Waals surface area contributed by atoms with Crippen LogP contribution in [0.3, 0.4) is 0 Å². The first-order valence-corrected chi connectivity index (χ1v) is 10.7. The van der Waals surface area contributed by atoms with Gasteiger partial charge in [0.25, 0.3) is 0 Å². The van der Waals surface area contributed by atoms with E-state index in [-0.39, 0.29) is 52.0 Å². The molecule has 2 aromatic rings. The van der Waals surface area contributed by atoms with Crippen LogP contribution in [0.2, 0.25) is 5.15 Å². The molecule has 30 heavy (non-hydrogen) atoms. The van der Waals surface area contributed by atoms with Crippen molar-refractivity contribution >= 4 is 34.4 Å². The van der Waals surface area contributed by atoms with Crippen molar-refractivity contribution in [2.45, 2.75) is 58.1 Å². The topological polar surface area (TPSA) is 77.3 Å². The van der Waals surface area contributed by atoms with Gasteiger partial charge in [-0.3, -0.25) is 9.48 Å². The molecule has 9 heteroatoms. The van der Waals surface area contributed by atoms with Gasteiger partial charge in [-0.25, -0.2) is 14.2 Å². The SMILES string of the molecule is CC(=O)c1nc(Cl)c(F)c2c1c(C1[C@H]3CN(C(=O)OC(C)(C)C)C[C@@H]13)nn2C1CC1. The van der Waals surface area contributed by atoms with Crippen LogP contribution in [-0.4, -0.2) is 50.2 Å². The molecule has 0 aromatic carbocycles. The lowest BCUT2D eigenvalue weighted by atomic mass is 10.1. The third-order valence-corrected chi connectivity index (χ3v) is 6.41. The number of pyridine rings is 1. The number of hydrogen-bond donors (Lipinski definition) is 0. The largest absolute Gasteiger partial charge is 0.444 e. The first-order valence-electron chi connectivity index (χ1n) is 10.3. The average Bonchev–Trinajstić information content (AvgIpc) is 3.52. The Kier molecular flexibility index (Phi) is 4.20. The third-order valence-electron chi connectivity index (χ3n) is 6.16. The Morgan fingerprint density at radius 3 is 2.37 bits per heavy atom. The van der Waals surface area contributed by atoms with E-state index in [0.29, 0.717) is 24.2 Å². The molecule has 3 heterocycles. The van der Waals surface area contributed by atoms with Crippen molar-refractivity contribution in [3.05, 3.63) is 22.4 Å². The second-order valence-electron chi connectivity index (χ2n) is 9.64. The highest BCUT2D eigenvalue weighted by atomic mass is 35.5. The number of aromatic nitrogens is 3. The summed E-state index contributed by atoms with van der Waals surface area (Å²) in [7, 11) is 0. The Morgan fingerprint density at radius 2 is 1.83 bits per heavy atom. The first-order chi connectivity index (χ1) is 14.1. The molecule has 160 valence electrons. The van der Waals surface area contributed by atoms with Crippen molar-refractivity contribution in [2.24, 2.45) is 11.8 Å². The second-order valence-corrected chi connectivity index (χ2v) is 10.0. The molecular formula is C21H24ClFN4O3.